The van der Waals surface area contributed by atoms with Crippen LogP contribution in [0.25, 0.3) is 0 Å². The van der Waals surface area contributed by atoms with Crippen molar-refractivity contribution in [2.75, 3.05) is 11.4 Å². The molecule has 0 spiro atoms. The van der Waals surface area contributed by atoms with Gasteiger partial charge >= 0.3 is 0 Å². The summed E-state index contributed by atoms with van der Waals surface area (Å²) in [5.41, 5.74) is 7.41. The molecule has 0 aromatic carbocycles. The molecule has 4 nitrogen and oxygen atoms in total. The summed E-state index contributed by atoms with van der Waals surface area (Å²) in [6.45, 7) is 2.56. The Morgan fingerprint density at radius 1 is 1.69 bits per heavy atom. The molecule has 2 heterocycles. The van der Waals surface area contributed by atoms with Crippen LogP contribution in [-0.2, 0) is 4.79 Å². The average Bonchev–Trinajstić information content (AvgIpc) is 2.15. The van der Waals surface area contributed by atoms with Gasteiger partial charge in [-0.15, -0.1) is 0 Å². The Balaban J connectivity index is 2.28. The summed E-state index contributed by atoms with van der Waals surface area (Å²) in [6, 6.07) is 1.56. The number of nitrogens with zero attached hydrogens (tertiary/aromatic N) is 2. The zero-order chi connectivity index (χ0) is 9.42. The molecular weight excluding hydrogens is 166 g/mol. The van der Waals surface area contributed by atoms with Crippen LogP contribution < -0.4 is 10.6 Å². The summed E-state index contributed by atoms with van der Waals surface area (Å²) in [5, 5.41) is 0. The van der Waals surface area contributed by atoms with Crippen LogP contribution in [0.5, 0.6) is 0 Å². The Morgan fingerprint density at radius 3 is 3.00 bits per heavy atom. The second kappa shape index (κ2) is 2.81. The molecule has 0 radical (unpaired) electrons. The highest BCUT2D eigenvalue weighted by molar-refractivity contribution is 6.04. The minimum absolute atomic E-state index is 0.0175. The van der Waals surface area contributed by atoms with E-state index < -0.39 is 0 Å². The molecule has 1 unspecified atom stereocenters. The molecule has 1 amide bonds. The van der Waals surface area contributed by atoms with Crippen molar-refractivity contribution >= 4 is 11.6 Å². The van der Waals surface area contributed by atoms with E-state index in [0.717, 1.165) is 11.3 Å². The number of β-lactam (4-membered cyclic amide) rings is 1. The second-order valence-corrected chi connectivity index (χ2v) is 3.22. The first kappa shape index (κ1) is 8.19. The van der Waals surface area contributed by atoms with Crippen molar-refractivity contribution in [2.24, 2.45) is 5.73 Å². The highest BCUT2D eigenvalue weighted by Gasteiger charge is 2.35. The van der Waals surface area contributed by atoms with Crippen LogP contribution in [0.2, 0.25) is 0 Å². The lowest BCUT2D eigenvalue weighted by Crippen LogP contribution is -2.61. The molecule has 1 aliphatic heterocycles. The fraction of sp³-hybridized carbons (Fsp3) is 0.333. The van der Waals surface area contributed by atoms with E-state index in [1.165, 1.54) is 0 Å². The zero-order valence-electron chi connectivity index (χ0n) is 7.40. The lowest BCUT2D eigenvalue weighted by molar-refractivity contribution is -0.123. The average molecular weight is 177 g/mol. The van der Waals surface area contributed by atoms with E-state index in [4.69, 9.17) is 5.73 Å². The van der Waals surface area contributed by atoms with Crippen molar-refractivity contribution in [2.45, 2.75) is 13.0 Å². The monoisotopic (exact) mass is 177 g/mol. The zero-order valence-corrected chi connectivity index (χ0v) is 7.40. The van der Waals surface area contributed by atoms with Crippen molar-refractivity contribution < 1.29 is 4.79 Å². The maximum Gasteiger partial charge on any atom is 0.245 e. The Hall–Kier alpha value is -1.42. The lowest BCUT2D eigenvalue weighted by atomic mass is 10.1. The third-order valence-corrected chi connectivity index (χ3v) is 2.26. The Kier molecular flexibility index (Phi) is 1.77. The van der Waals surface area contributed by atoms with E-state index in [1.54, 1.807) is 17.3 Å². The van der Waals surface area contributed by atoms with E-state index >= 15 is 0 Å². The van der Waals surface area contributed by atoms with Crippen LogP contribution in [0.15, 0.2) is 18.5 Å². The second-order valence-electron chi connectivity index (χ2n) is 3.22. The summed E-state index contributed by atoms with van der Waals surface area (Å²) in [4.78, 5) is 16.9. The van der Waals surface area contributed by atoms with Gasteiger partial charge in [0.2, 0.25) is 5.91 Å². The quantitative estimate of drug-likeness (QED) is 0.617. The van der Waals surface area contributed by atoms with Crippen LogP contribution in [0.4, 0.5) is 5.69 Å². The molecule has 13 heavy (non-hydrogen) atoms. The number of nitrogens with two attached hydrogens (primary N) is 1. The van der Waals surface area contributed by atoms with Crippen molar-refractivity contribution in [3.05, 3.63) is 24.0 Å². The standard InChI is InChI=1S/C9H11N3O/c1-6-2-3-11-4-8(6)12-5-7(10)9(12)13/h2-4,7H,5,10H2,1H3. The smallest absolute Gasteiger partial charge is 0.245 e. The van der Waals surface area contributed by atoms with Crippen LogP contribution in [0.1, 0.15) is 5.56 Å². The van der Waals surface area contributed by atoms with Gasteiger partial charge in [-0.05, 0) is 18.6 Å². The number of aromatic nitrogens is 1. The Bertz CT molecular complexity index is 350. The largest absolute Gasteiger partial charge is 0.318 e. The third-order valence-electron chi connectivity index (χ3n) is 2.26. The highest BCUT2D eigenvalue weighted by atomic mass is 16.2. The number of carbonyl (C=O) groups excluding carboxylic acids is 1. The molecule has 1 aromatic heterocycles. The first-order chi connectivity index (χ1) is 6.20. The summed E-state index contributed by atoms with van der Waals surface area (Å²) in [5.74, 6) is -0.0175. The van der Waals surface area contributed by atoms with Gasteiger partial charge in [-0.25, -0.2) is 0 Å². The first-order valence-electron chi connectivity index (χ1n) is 4.17. The molecule has 2 rings (SSSR count). The summed E-state index contributed by atoms with van der Waals surface area (Å²) in [6.07, 6.45) is 3.40. The van der Waals surface area contributed by atoms with Gasteiger partial charge in [0.15, 0.2) is 0 Å². The van der Waals surface area contributed by atoms with E-state index in [-0.39, 0.29) is 11.9 Å². The van der Waals surface area contributed by atoms with Gasteiger partial charge in [0, 0.05) is 6.20 Å². The number of rotatable bonds is 1. The first-order valence-corrected chi connectivity index (χ1v) is 4.17. The van der Waals surface area contributed by atoms with Crippen LogP contribution >= 0.6 is 0 Å². The van der Waals surface area contributed by atoms with E-state index in [0.29, 0.717) is 6.54 Å². The van der Waals surface area contributed by atoms with Gasteiger partial charge in [-0.3, -0.25) is 9.78 Å². The van der Waals surface area contributed by atoms with Crippen molar-refractivity contribution in [1.82, 2.24) is 4.98 Å². The molecule has 0 bridgehead atoms. The van der Waals surface area contributed by atoms with Crippen LogP contribution in [-0.4, -0.2) is 23.5 Å². The summed E-state index contributed by atoms with van der Waals surface area (Å²) in [7, 11) is 0. The number of hydrogen-bond acceptors (Lipinski definition) is 3. The Morgan fingerprint density at radius 2 is 2.46 bits per heavy atom. The number of hydrogen-bond donors (Lipinski definition) is 1. The predicted molar refractivity (Wildman–Crippen MR) is 49.3 cm³/mol. The molecule has 68 valence electrons. The minimum Gasteiger partial charge on any atom is -0.318 e. The molecule has 0 saturated carbocycles. The van der Waals surface area contributed by atoms with Gasteiger partial charge < -0.3 is 10.6 Å². The molecule has 2 N–H and O–H groups in total. The fourth-order valence-electron chi connectivity index (χ4n) is 1.41. The molecule has 1 aromatic rings. The number of pyridine rings is 1. The van der Waals surface area contributed by atoms with Crippen molar-refractivity contribution in [3.8, 4) is 0 Å². The topological polar surface area (TPSA) is 59.2 Å². The third kappa shape index (κ3) is 1.19. The van der Waals surface area contributed by atoms with Crippen LogP contribution in [0.3, 0.4) is 0 Å². The Labute approximate surface area is 76.4 Å². The maximum atomic E-state index is 11.3. The van der Waals surface area contributed by atoms with E-state index in [9.17, 15) is 4.79 Å². The van der Waals surface area contributed by atoms with Crippen LogP contribution in [0, 0.1) is 6.92 Å². The van der Waals surface area contributed by atoms with E-state index in [1.807, 2.05) is 13.0 Å². The van der Waals surface area contributed by atoms with Gasteiger partial charge in [0.25, 0.3) is 0 Å². The van der Waals surface area contributed by atoms with Gasteiger partial charge in [0.1, 0.15) is 6.04 Å². The minimum atomic E-state index is -0.320. The van der Waals surface area contributed by atoms with Crippen molar-refractivity contribution in [1.29, 1.82) is 0 Å². The number of carbonyl (C=O) groups is 1. The normalized spacial score (nSPS) is 21.5. The van der Waals surface area contributed by atoms with E-state index in [2.05, 4.69) is 4.98 Å². The summed E-state index contributed by atoms with van der Waals surface area (Å²) >= 11 is 0. The van der Waals surface area contributed by atoms with Gasteiger partial charge in [-0.2, -0.15) is 0 Å². The summed E-state index contributed by atoms with van der Waals surface area (Å²) < 4.78 is 0. The van der Waals surface area contributed by atoms with Crippen molar-refractivity contribution in [3.63, 3.8) is 0 Å². The van der Waals surface area contributed by atoms with Gasteiger partial charge in [0.05, 0.1) is 18.4 Å². The lowest BCUT2D eigenvalue weighted by Gasteiger charge is -2.36. The maximum absolute atomic E-state index is 11.3. The highest BCUT2D eigenvalue weighted by Crippen LogP contribution is 2.23. The number of anilines is 1. The predicted octanol–water partition coefficient (Wildman–Crippen LogP) is 0.0639. The molecule has 1 saturated heterocycles. The fourth-order valence-corrected chi connectivity index (χ4v) is 1.41. The molecule has 1 atom stereocenters. The molecule has 4 heteroatoms. The molecule has 1 aliphatic rings. The SMILES string of the molecule is Cc1ccncc1N1CC(N)C1=O. The molecule has 0 aliphatic carbocycles. The number of amides is 1. The number of aryl methyl sites for hydroxylation is 1. The molecule has 1 fully saturated rings. The van der Waals surface area contributed by atoms with Gasteiger partial charge in [-0.1, -0.05) is 0 Å². The molecular formula is C9H11N3O.